The first-order valence-electron chi connectivity index (χ1n) is 10.6. The van der Waals surface area contributed by atoms with Gasteiger partial charge in [0.15, 0.2) is 0 Å². The predicted octanol–water partition coefficient (Wildman–Crippen LogP) is 3.54. The van der Waals surface area contributed by atoms with E-state index in [0.717, 1.165) is 11.1 Å². The molecule has 4 rings (SSSR count). The van der Waals surface area contributed by atoms with Gasteiger partial charge in [-0.3, -0.25) is 4.79 Å². The molecule has 2 atom stereocenters. The molecular weight excluding hydrogens is 428 g/mol. The molecule has 168 valence electrons. The third-order valence-electron chi connectivity index (χ3n) is 5.95. The topological polar surface area (TPSA) is 95.9 Å². The van der Waals surface area contributed by atoms with E-state index in [4.69, 9.17) is 4.74 Å². The van der Waals surface area contributed by atoms with Crippen molar-refractivity contribution in [3.8, 4) is 11.1 Å². The van der Waals surface area contributed by atoms with Crippen molar-refractivity contribution in [2.45, 2.75) is 25.3 Å². The minimum atomic E-state index is -0.979. The molecule has 8 heteroatoms. The fourth-order valence-corrected chi connectivity index (χ4v) is 5.46. The Hall–Kier alpha value is -3.00. The highest BCUT2D eigenvalue weighted by Gasteiger charge is 2.35. The van der Waals surface area contributed by atoms with Crippen LogP contribution in [0.4, 0.5) is 4.79 Å². The molecule has 1 saturated heterocycles. The molecule has 0 spiro atoms. The van der Waals surface area contributed by atoms with Gasteiger partial charge < -0.3 is 20.1 Å². The summed E-state index contributed by atoms with van der Waals surface area (Å²) in [7, 11) is 0. The summed E-state index contributed by atoms with van der Waals surface area (Å²) in [6.07, 6.45) is -0.347. The van der Waals surface area contributed by atoms with Crippen LogP contribution >= 0.6 is 11.8 Å². The highest BCUT2D eigenvalue weighted by molar-refractivity contribution is 7.99. The van der Waals surface area contributed by atoms with Gasteiger partial charge in [0, 0.05) is 24.6 Å². The first-order chi connectivity index (χ1) is 15.5. The number of carbonyl (C=O) groups is 3. The molecule has 2 N–H and O–H groups in total. The number of amides is 2. The van der Waals surface area contributed by atoms with Gasteiger partial charge in [0.1, 0.15) is 12.6 Å². The summed E-state index contributed by atoms with van der Waals surface area (Å²) in [5.41, 5.74) is 4.64. The number of carboxylic acid groups (broad SMARTS) is 1. The molecule has 1 heterocycles. The second-order valence-corrected chi connectivity index (χ2v) is 9.23. The lowest BCUT2D eigenvalue weighted by Gasteiger charge is -2.22. The van der Waals surface area contributed by atoms with Gasteiger partial charge in [0.2, 0.25) is 5.91 Å². The number of hydrogen-bond acceptors (Lipinski definition) is 5. The van der Waals surface area contributed by atoms with Crippen molar-refractivity contribution >= 4 is 29.7 Å². The average molecular weight is 455 g/mol. The molecule has 32 heavy (non-hydrogen) atoms. The molecule has 7 nitrogen and oxygen atoms in total. The van der Waals surface area contributed by atoms with Crippen LogP contribution in [-0.4, -0.2) is 58.8 Å². The molecular formula is C24H26N2O5S. The summed E-state index contributed by atoms with van der Waals surface area (Å²) in [6.45, 7) is 2.36. The largest absolute Gasteiger partial charge is 0.480 e. The van der Waals surface area contributed by atoms with E-state index in [1.165, 1.54) is 27.8 Å². The Bertz CT molecular complexity index is 981. The molecule has 2 aromatic rings. The number of carbonyl (C=O) groups excluding carboxylic acids is 2. The second-order valence-electron chi connectivity index (χ2n) is 8.23. The molecule has 0 radical (unpaired) electrons. The third-order valence-corrected chi connectivity index (χ3v) is 6.96. The van der Waals surface area contributed by atoms with Crippen molar-refractivity contribution in [2.75, 3.05) is 24.8 Å². The Labute approximate surface area is 191 Å². The summed E-state index contributed by atoms with van der Waals surface area (Å²) >= 11 is 1.44. The van der Waals surface area contributed by atoms with Gasteiger partial charge in [0.05, 0.1) is 5.88 Å². The molecule has 0 aromatic heterocycles. The summed E-state index contributed by atoms with van der Waals surface area (Å²) in [6, 6.07) is 15.5. The molecule has 1 unspecified atom stereocenters. The number of ether oxygens (including phenoxy) is 1. The Balaban J connectivity index is 1.27. The van der Waals surface area contributed by atoms with Crippen molar-refractivity contribution < 1.29 is 24.2 Å². The zero-order valence-corrected chi connectivity index (χ0v) is 18.6. The van der Waals surface area contributed by atoms with Gasteiger partial charge in [0.25, 0.3) is 0 Å². The Morgan fingerprint density at radius 2 is 1.75 bits per heavy atom. The summed E-state index contributed by atoms with van der Waals surface area (Å²) in [5.74, 6) is -0.525. The number of fused-ring (bicyclic) bond motifs is 3. The highest BCUT2D eigenvalue weighted by atomic mass is 32.2. The lowest BCUT2D eigenvalue weighted by Crippen LogP contribution is -2.43. The monoisotopic (exact) mass is 454 g/mol. The number of nitrogens with zero attached hydrogens (tertiary/aromatic N) is 1. The predicted molar refractivity (Wildman–Crippen MR) is 122 cm³/mol. The molecule has 2 aromatic carbocycles. The van der Waals surface area contributed by atoms with Crippen molar-refractivity contribution in [3.63, 3.8) is 0 Å². The number of rotatable bonds is 7. The fraction of sp³-hybridized carbons (Fsp3) is 0.375. The SMILES string of the molecule is CC(CNC(=O)OCC1c2ccccc2-c2ccccc21)CC(=O)N1CSC[C@H]1C(=O)O. The average Bonchev–Trinajstić information content (AvgIpc) is 3.40. The summed E-state index contributed by atoms with van der Waals surface area (Å²) in [5, 5.41) is 12.0. The number of aliphatic carboxylic acids is 1. The lowest BCUT2D eigenvalue weighted by molar-refractivity contribution is -0.148. The van der Waals surface area contributed by atoms with Crippen LogP contribution in [0.1, 0.15) is 30.4 Å². The van der Waals surface area contributed by atoms with Crippen LogP contribution in [-0.2, 0) is 14.3 Å². The molecule has 0 saturated carbocycles. The van der Waals surface area contributed by atoms with E-state index in [1.54, 1.807) is 0 Å². The minimum absolute atomic E-state index is 0.00669. The number of thioether (sulfide) groups is 1. The van der Waals surface area contributed by atoms with Crippen molar-refractivity contribution in [2.24, 2.45) is 5.92 Å². The zero-order chi connectivity index (χ0) is 22.7. The Morgan fingerprint density at radius 1 is 1.12 bits per heavy atom. The number of benzene rings is 2. The minimum Gasteiger partial charge on any atom is -0.480 e. The molecule has 2 aliphatic rings. The van der Waals surface area contributed by atoms with Crippen LogP contribution in [0.3, 0.4) is 0 Å². The second kappa shape index (κ2) is 9.65. The third kappa shape index (κ3) is 4.60. The zero-order valence-electron chi connectivity index (χ0n) is 17.8. The van der Waals surface area contributed by atoms with Crippen LogP contribution in [0.5, 0.6) is 0 Å². The molecule has 0 bridgehead atoms. The fourth-order valence-electron chi connectivity index (χ4n) is 4.29. The van der Waals surface area contributed by atoms with E-state index in [0.29, 0.717) is 11.6 Å². The van der Waals surface area contributed by atoms with E-state index in [2.05, 4.69) is 29.6 Å². The smallest absolute Gasteiger partial charge is 0.407 e. The van der Waals surface area contributed by atoms with Crippen LogP contribution in [0.15, 0.2) is 48.5 Å². The van der Waals surface area contributed by atoms with E-state index in [-0.39, 0.29) is 37.3 Å². The normalized spacial score (nSPS) is 18.0. The van der Waals surface area contributed by atoms with Crippen molar-refractivity contribution in [1.29, 1.82) is 0 Å². The number of carboxylic acids is 1. The van der Waals surface area contributed by atoms with E-state index in [9.17, 15) is 19.5 Å². The first kappa shape index (κ1) is 22.2. The van der Waals surface area contributed by atoms with Crippen molar-refractivity contribution in [1.82, 2.24) is 10.2 Å². The highest BCUT2D eigenvalue weighted by Crippen LogP contribution is 2.44. The lowest BCUT2D eigenvalue weighted by atomic mass is 9.98. The van der Waals surface area contributed by atoms with Gasteiger partial charge in [-0.25, -0.2) is 9.59 Å². The Morgan fingerprint density at radius 3 is 2.38 bits per heavy atom. The van der Waals surface area contributed by atoms with E-state index in [1.807, 2.05) is 31.2 Å². The summed E-state index contributed by atoms with van der Waals surface area (Å²) in [4.78, 5) is 37.4. The maximum atomic E-state index is 12.5. The number of nitrogens with one attached hydrogen (secondary N) is 1. The van der Waals surface area contributed by atoms with Crippen molar-refractivity contribution in [3.05, 3.63) is 59.7 Å². The van der Waals surface area contributed by atoms with Gasteiger partial charge >= 0.3 is 12.1 Å². The maximum absolute atomic E-state index is 12.5. The summed E-state index contributed by atoms with van der Waals surface area (Å²) < 4.78 is 5.52. The molecule has 1 fully saturated rings. The number of hydrogen-bond donors (Lipinski definition) is 2. The standard InChI is InChI=1S/C24H26N2O5S/c1-15(10-22(27)26-14-32-13-21(26)23(28)29)11-25-24(30)31-12-20-18-8-4-2-6-16(18)17-7-3-5-9-19(17)20/h2-9,15,20-21H,10-14H2,1H3,(H,25,30)(H,28,29)/t15?,21-/m0/s1. The van der Waals surface area contributed by atoms with Gasteiger partial charge in [-0.15, -0.1) is 11.8 Å². The van der Waals surface area contributed by atoms with Gasteiger partial charge in [-0.05, 0) is 28.2 Å². The van der Waals surface area contributed by atoms with Gasteiger partial charge in [-0.1, -0.05) is 55.5 Å². The van der Waals surface area contributed by atoms with Crippen LogP contribution in [0.25, 0.3) is 11.1 Å². The quantitative estimate of drug-likeness (QED) is 0.664. The van der Waals surface area contributed by atoms with Gasteiger partial charge in [-0.2, -0.15) is 0 Å². The Kier molecular flexibility index (Phi) is 6.69. The molecule has 1 aliphatic carbocycles. The first-order valence-corrected chi connectivity index (χ1v) is 11.8. The van der Waals surface area contributed by atoms with Crippen LogP contribution < -0.4 is 5.32 Å². The maximum Gasteiger partial charge on any atom is 0.407 e. The van der Waals surface area contributed by atoms with Crippen LogP contribution in [0.2, 0.25) is 0 Å². The van der Waals surface area contributed by atoms with E-state index >= 15 is 0 Å². The number of alkyl carbamates (subject to hydrolysis) is 1. The van der Waals surface area contributed by atoms with E-state index < -0.39 is 18.1 Å². The molecule has 1 aliphatic heterocycles. The van der Waals surface area contributed by atoms with Crippen LogP contribution in [0, 0.1) is 5.92 Å². The molecule has 2 amide bonds.